The molecule has 0 unspecified atom stereocenters. The molecule has 1 aromatic carbocycles. The minimum Gasteiger partial charge on any atom is -0.321 e. The lowest BCUT2D eigenvalue weighted by Crippen LogP contribution is -2.11. The zero-order valence-electron chi connectivity index (χ0n) is 12.9. The van der Waals surface area contributed by atoms with Gasteiger partial charge in [0.2, 0.25) is 0 Å². The summed E-state index contributed by atoms with van der Waals surface area (Å²) in [4.78, 5) is 8.21. The quantitative estimate of drug-likeness (QED) is 0.903. The van der Waals surface area contributed by atoms with Gasteiger partial charge in [0, 0.05) is 24.2 Å². The molecule has 1 aromatic heterocycles. The molecule has 4 heteroatoms. The van der Waals surface area contributed by atoms with E-state index in [4.69, 9.17) is 4.98 Å². The first kappa shape index (κ1) is 15.0. The van der Waals surface area contributed by atoms with Crippen LogP contribution >= 0.6 is 11.3 Å². The van der Waals surface area contributed by atoms with E-state index in [2.05, 4.69) is 63.2 Å². The van der Waals surface area contributed by atoms with Gasteiger partial charge in [-0.3, -0.25) is 0 Å². The molecular formula is C16H23N3S. The average molecular weight is 289 g/mol. The van der Waals surface area contributed by atoms with E-state index in [9.17, 15) is 0 Å². The molecule has 0 spiro atoms. The van der Waals surface area contributed by atoms with E-state index >= 15 is 0 Å². The van der Waals surface area contributed by atoms with Gasteiger partial charge in [-0.1, -0.05) is 36.0 Å². The number of aromatic nitrogens is 1. The molecule has 1 N–H and O–H groups in total. The van der Waals surface area contributed by atoms with Crippen molar-refractivity contribution in [3.05, 3.63) is 39.9 Å². The van der Waals surface area contributed by atoms with Crippen LogP contribution in [0.2, 0.25) is 0 Å². The van der Waals surface area contributed by atoms with Crippen LogP contribution in [0.3, 0.4) is 0 Å². The van der Waals surface area contributed by atoms with E-state index in [1.165, 1.54) is 21.7 Å². The molecule has 3 nitrogen and oxygen atoms in total. The Hall–Kier alpha value is -1.39. The maximum atomic E-state index is 4.71. The van der Waals surface area contributed by atoms with Crippen molar-refractivity contribution in [3.8, 4) is 0 Å². The molecule has 0 amide bonds. The van der Waals surface area contributed by atoms with Crippen molar-refractivity contribution in [2.75, 3.05) is 18.5 Å². The number of aryl methyl sites for hydroxylation is 3. The molecule has 2 rings (SSSR count). The van der Waals surface area contributed by atoms with Gasteiger partial charge in [0.15, 0.2) is 5.13 Å². The number of nitrogens with zero attached hydrogens (tertiary/aromatic N) is 2. The number of nitrogens with one attached hydrogen (secondary N) is 1. The third-order valence-corrected chi connectivity index (χ3v) is 4.65. The van der Waals surface area contributed by atoms with E-state index in [0.717, 1.165) is 23.9 Å². The fraction of sp³-hybridized carbons (Fsp3) is 0.438. The monoisotopic (exact) mass is 289 g/mol. The predicted octanol–water partition coefficient (Wildman–Crippen LogP) is 3.95. The highest BCUT2D eigenvalue weighted by atomic mass is 32.1. The minimum absolute atomic E-state index is 0.903. The van der Waals surface area contributed by atoms with E-state index in [-0.39, 0.29) is 0 Å². The van der Waals surface area contributed by atoms with Gasteiger partial charge in [-0.05, 0) is 38.9 Å². The maximum Gasteiger partial charge on any atom is 0.190 e. The molecule has 0 aliphatic heterocycles. The molecule has 108 valence electrons. The van der Waals surface area contributed by atoms with Crippen molar-refractivity contribution in [2.45, 2.75) is 34.2 Å². The van der Waals surface area contributed by atoms with Crippen LogP contribution in [0.25, 0.3) is 0 Å². The van der Waals surface area contributed by atoms with Gasteiger partial charge in [-0.2, -0.15) is 0 Å². The molecule has 0 aliphatic carbocycles. The summed E-state index contributed by atoms with van der Waals surface area (Å²) in [5.41, 5.74) is 4.93. The Morgan fingerprint density at radius 3 is 2.65 bits per heavy atom. The lowest BCUT2D eigenvalue weighted by atomic mass is 10.1. The molecule has 20 heavy (non-hydrogen) atoms. The average Bonchev–Trinajstić information content (AvgIpc) is 2.77. The highest BCUT2D eigenvalue weighted by Crippen LogP contribution is 2.32. The van der Waals surface area contributed by atoms with E-state index in [1.54, 1.807) is 11.3 Å². The summed E-state index contributed by atoms with van der Waals surface area (Å²) in [6.45, 7) is 10.4. The first-order valence-electron chi connectivity index (χ1n) is 7.01. The smallest absolute Gasteiger partial charge is 0.190 e. The van der Waals surface area contributed by atoms with Gasteiger partial charge in [-0.25, -0.2) is 4.98 Å². The van der Waals surface area contributed by atoms with Crippen molar-refractivity contribution in [3.63, 3.8) is 0 Å². The molecule has 0 saturated heterocycles. The highest BCUT2D eigenvalue weighted by Gasteiger charge is 2.13. The molecule has 0 radical (unpaired) electrons. The molecule has 0 fully saturated rings. The van der Waals surface area contributed by atoms with Gasteiger partial charge < -0.3 is 10.2 Å². The van der Waals surface area contributed by atoms with Crippen molar-refractivity contribution >= 4 is 22.2 Å². The Labute approximate surface area is 125 Å². The second kappa shape index (κ2) is 6.37. The third-order valence-electron chi connectivity index (χ3n) is 3.42. The fourth-order valence-electron chi connectivity index (χ4n) is 2.24. The summed E-state index contributed by atoms with van der Waals surface area (Å²) < 4.78 is 0. The standard InChI is InChI=1S/C16H23N3S/c1-6-17-10-15-13(4)18-16(20-15)19(5)14-8-7-11(2)9-12(14)3/h7-9,17H,6,10H2,1-5H3. The Morgan fingerprint density at radius 1 is 1.25 bits per heavy atom. The lowest BCUT2D eigenvalue weighted by Gasteiger charge is -2.18. The van der Waals surface area contributed by atoms with Crippen molar-refractivity contribution in [2.24, 2.45) is 0 Å². The number of benzene rings is 1. The van der Waals surface area contributed by atoms with Crippen molar-refractivity contribution < 1.29 is 0 Å². The zero-order valence-corrected chi connectivity index (χ0v) is 13.8. The highest BCUT2D eigenvalue weighted by molar-refractivity contribution is 7.15. The largest absolute Gasteiger partial charge is 0.321 e. The second-order valence-corrected chi connectivity index (χ2v) is 6.20. The number of rotatable bonds is 5. The van der Waals surface area contributed by atoms with E-state index in [1.807, 2.05) is 0 Å². The van der Waals surface area contributed by atoms with Crippen molar-refractivity contribution in [1.82, 2.24) is 10.3 Å². The number of hydrogen-bond donors (Lipinski definition) is 1. The van der Waals surface area contributed by atoms with Gasteiger partial charge >= 0.3 is 0 Å². The Kier molecular flexibility index (Phi) is 4.78. The number of hydrogen-bond acceptors (Lipinski definition) is 4. The summed E-state index contributed by atoms with van der Waals surface area (Å²) >= 11 is 1.77. The molecule has 1 heterocycles. The Balaban J connectivity index is 2.26. The number of anilines is 2. The molecule has 0 saturated carbocycles. The maximum absolute atomic E-state index is 4.71. The summed E-state index contributed by atoms with van der Waals surface area (Å²) in [6.07, 6.45) is 0. The molecule has 0 aliphatic rings. The molecular weight excluding hydrogens is 266 g/mol. The van der Waals surface area contributed by atoms with Crippen LogP contribution < -0.4 is 10.2 Å². The lowest BCUT2D eigenvalue weighted by molar-refractivity contribution is 0.731. The van der Waals surface area contributed by atoms with Crippen LogP contribution in [-0.2, 0) is 6.54 Å². The number of thiazole rings is 1. The van der Waals surface area contributed by atoms with Gasteiger partial charge in [-0.15, -0.1) is 0 Å². The predicted molar refractivity (Wildman–Crippen MR) is 88.2 cm³/mol. The fourth-order valence-corrected chi connectivity index (χ4v) is 3.25. The van der Waals surface area contributed by atoms with Crippen molar-refractivity contribution in [1.29, 1.82) is 0 Å². The first-order chi connectivity index (χ1) is 9.52. The second-order valence-electron chi connectivity index (χ2n) is 5.13. The van der Waals surface area contributed by atoms with Crippen LogP contribution in [0, 0.1) is 20.8 Å². The molecule has 0 atom stereocenters. The summed E-state index contributed by atoms with van der Waals surface area (Å²) in [7, 11) is 2.09. The van der Waals surface area contributed by atoms with Gasteiger partial charge in [0.25, 0.3) is 0 Å². The normalized spacial score (nSPS) is 10.8. The summed E-state index contributed by atoms with van der Waals surface area (Å²) in [6, 6.07) is 6.54. The summed E-state index contributed by atoms with van der Waals surface area (Å²) in [5.74, 6) is 0. The van der Waals surface area contributed by atoms with Gasteiger partial charge in [0.1, 0.15) is 0 Å². The molecule has 2 aromatic rings. The SMILES string of the molecule is CCNCc1sc(N(C)c2ccc(C)cc2C)nc1C. The summed E-state index contributed by atoms with van der Waals surface area (Å²) in [5, 5.41) is 4.43. The Bertz CT molecular complexity index is 589. The topological polar surface area (TPSA) is 28.2 Å². The van der Waals surface area contributed by atoms with Gasteiger partial charge in [0.05, 0.1) is 5.69 Å². The van der Waals surface area contributed by atoms with Crippen LogP contribution in [-0.4, -0.2) is 18.6 Å². The Morgan fingerprint density at radius 2 is 2.00 bits per heavy atom. The third kappa shape index (κ3) is 3.19. The first-order valence-corrected chi connectivity index (χ1v) is 7.82. The molecule has 0 bridgehead atoms. The van der Waals surface area contributed by atoms with Crippen LogP contribution in [0.4, 0.5) is 10.8 Å². The van der Waals surface area contributed by atoms with Crippen LogP contribution in [0.5, 0.6) is 0 Å². The van der Waals surface area contributed by atoms with E-state index < -0.39 is 0 Å². The van der Waals surface area contributed by atoms with Crippen LogP contribution in [0.1, 0.15) is 28.6 Å². The minimum atomic E-state index is 0.903. The zero-order chi connectivity index (χ0) is 14.7. The van der Waals surface area contributed by atoms with E-state index in [0.29, 0.717) is 0 Å². The van der Waals surface area contributed by atoms with Crippen LogP contribution in [0.15, 0.2) is 18.2 Å².